The van der Waals surface area contributed by atoms with Gasteiger partial charge in [-0.15, -0.1) is 0 Å². The van der Waals surface area contributed by atoms with Crippen LogP contribution in [0.15, 0.2) is 12.1 Å². The summed E-state index contributed by atoms with van der Waals surface area (Å²) < 4.78 is 39.8. The van der Waals surface area contributed by atoms with Gasteiger partial charge in [-0.3, -0.25) is 19.8 Å². The fourth-order valence-corrected chi connectivity index (χ4v) is 2.28. The zero-order valence-electron chi connectivity index (χ0n) is 15.4. The molecular formula is C17H23F3N4O3. The summed E-state index contributed by atoms with van der Waals surface area (Å²) in [7, 11) is 0. The van der Waals surface area contributed by atoms with Gasteiger partial charge >= 0.3 is 6.03 Å². The van der Waals surface area contributed by atoms with Gasteiger partial charge in [0, 0.05) is 6.54 Å². The Hall–Kier alpha value is -2.62. The van der Waals surface area contributed by atoms with Gasteiger partial charge in [0.05, 0.1) is 18.3 Å². The molecule has 1 aromatic rings. The Morgan fingerprint density at radius 2 is 1.78 bits per heavy atom. The van der Waals surface area contributed by atoms with Crippen molar-refractivity contribution in [3.05, 3.63) is 29.6 Å². The van der Waals surface area contributed by atoms with E-state index in [1.54, 1.807) is 6.92 Å². The number of carbonyl (C=O) groups excluding carboxylic acids is 3. The number of nitrogens with zero attached hydrogens (tertiary/aromatic N) is 1. The van der Waals surface area contributed by atoms with E-state index in [1.165, 1.54) is 11.8 Å². The van der Waals surface area contributed by atoms with Crippen LogP contribution in [-0.4, -0.2) is 48.4 Å². The largest absolute Gasteiger partial charge is 0.338 e. The number of hydrogen-bond acceptors (Lipinski definition) is 4. The van der Waals surface area contributed by atoms with Crippen molar-refractivity contribution in [1.82, 2.24) is 15.5 Å². The first-order valence-electron chi connectivity index (χ1n) is 8.47. The Morgan fingerprint density at radius 1 is 1.11 bits per heavy atom. The lowest BCUT2D eigenvalue weighted by Gasteiger charge is -2.27. The van der Waals surface area contributed by atoms with Crippen LogP contribution >= 0.6 is 0 Å². The Kier molecular flexibility index (Phi) is 8.73. The van der Waals surface area contributed by atoms with Crippen LogP contribution < -0.4 is 16.0 Å². The number of hydrogen-bond donors (Lipinski definition) is 3. The van der Waals surface area contributed by atoms with Crippen LogP contribution in [0.4, 0.5) is 23.7 Å². The van der Waals surface area contributed by atoms with Crippen molar-refractivity contribution in [2.45, 2.75) is 33.2 Å². The van der Waals surface area contributed by atoms with E-state index in [2.05, 4.69) is 16.0 Å². The van der Waals surface area contributed by atoms with Crippen LogP contribution in [0.5, 0.6) is 0 Å². The van der Waals surface area contributed by atoms with Crippen LogP contribution in [-0.2, 0) is 9.59 Å². The summed E-state index contributed by atoms with van der Waals surface area (Å²) in [5.41, 5.74) is -0.505. The SMILES string of the molecule is CCCN(CC(=O)Nc1ccc(F)c(F)c1F)C(C)C(=O)NC(=O)NCC. The zero-order valence-corrected chi connectivity index (χ0v) is 15.4. The summed E-state index contributed by atoms with van der Waals surface area (Å²) >= 11 is 0. The Morgan fingerprint density at radius 3 is 2.37 bits per heavy atom. The molecule has 7 nitrogen and oxygen atoms in total. The summed E-state index contributed by atoms with van der Waals surface area (Å²) in [5.74, 6) is -5.89. The van der Waals surface area contributed by atoms with Gasteiger partial charge in [0.1, 0.15) is 0 Å². The topological polar surface area (TPSA) is 90.5 Å². The number of anilines is 1. The average molecular weight is 388 g/mol. The molecule has 1 unspecified atom stereocenters. The van der Waals surface area contributed by atoms with E-state index >= 15 is 0 Å². The normalized spacial score (nSPS) is 11.8. The summed E-state index contributed by atoms with van der Waals surface area (Å²) in [6.45, 7) is 5.41. The average Bonchev–Trinajstić information content (AvgIpc) is 2.61. The molecule has 1 rings (SSSR count). The molecule has 0 aliphatic rings. The second-order valence-electron chi connectivity index (χ2n) is 5.77. The number of halogens is 3. The Bertz CT molecular complexity index is 700. The second-order valence-corrected chi connectivity index (χ2v) is 5.77. The van der Waals surface area contributed by atoms with Gasteiger partial charge in [0.25, 0.3) is 0 Å². The van der Waals surface area contributed by atoms with E-state index in [1.807, 2.05) is 6.92 Å². The van der Waals surface area contributed by atoms with Crippen LogP contribution in [0, 0.1) is 17.5 Å². The molecule has 150 valence electrons. The highest BCUT2D eigenvalue weighted by Gasteiger charge is 2.25. The van der Waals surface area contributed by atoms with E-state index in [4.69, 9.17) is 0 Å². The van der Waals surface area contributed by atoms with Gasteiger partial charge < -0.3 is 10.6 Å². The molecule has 1 atom stereocenters. The van der Waals surface area contributed by atoms with E-state index in [0.29, 0.717) is 25.6 Å². The Labute approximate surface area is 155 Å². The zero-order chi connectivity index (χ0) is 20.6. The van der Waals surface area contributed by atoms with Crippen LogP contribution in [0.2, 0.25) is 0 Å². The van der Waals surface area contributed by atoms with Crippen molar-refractivity contribution in [2.24, 2.45) is 0 Å². The number of imide groups is 1. The maximum absolute atomic E-state index is 13.7. The van der Waals surface area contributed by atoms with Gasteiger partial charge in [-0.2, -0.15) is 0 Å². The lowest BCUT2D eigenvalue weighted by molar-refractivity contribution is -0.126. The first kappa shape index (κ1) is 22.4. The summed E-state index contributed by atoms with van der Waals surface area (Å²) in [6.07, 6.45) is 0.603. The standard InChI is InChI=1S/C17H23F3N4O3/c1-4-8-24(10(3)16(26)23-17(27)21-5-2)9-13(25)22-12-7-6-11(18)14(19)15(12)20/h6-7,10H,4-5,8-9H2,1-3H3,(H,22,25)(H2,21,23,26,27). The second kappa shape index (κ2) is 10.5. The van der Waals surface area contributed by atoms with Gasteiger partial charge in [0.2, 0.25) is 11.8 Å². The van der Waals surface area contributed by atoms with Crippen LogP contribution in [0.3, 0.4) is 0 Å². The van der Waals surface area contributed by atoms with E-state index in [0.717, 1.165) is 6.07 Å². The first-order chi connectivity index (χ1) is 12.7. The van der Waals surface area contributed by atoms with Gasteiger partial charge in [-0.1, -0.05) is 6.92 Å². The summed E-state index contributed by atoms with van der Waals surface area (Å²) in [5, 5.41) is 6.72. The monoisotopic (exact) mass is 388 g/mol. The maximum Gasteiger partial charge on any atom is 0.321 e. The molecule has 10 heteroatoms. The van der Waals surface area contributed by atoms with E-state index in [9.17, 15) is 27.6 Å². The molecule has 0 fully saturated rings. The molecule has 0 saturated heterocycles. The summed E-state index contributed by atoms with van der Waals surface area (Å²) in [6, 6.07) is 0.119. The third-order valence-electron chi connectivity index (χ3n) is 3.67. The number of amides is 4. The minimum absolute atomic E-state index is 0.309. The Balaban J connectivity index is 2.78. The fourth-order valence-electron chi connectivity index (χ4n) is 2.28. The minimum atomic E-state index is -1.69. The molecule has 0 bridgehead atoms. The predicted molar refractivity (Wildman–Crippen MR) is 93.5 cm³/mol. The van der Waals surface area contributed by atoms with Gasteiger partial charge in [-0.05, 0) is 38.9 Å². The third-order valence-corrected chi connectivity index (χ3v) is 3.67. The number of carbonyl (C=O) groups is 3. The molecule has 0 aromatic heterocycles. The van der Waals surface area contributed by atoms with Crippen molar-refractivity contribution in [2.75, 3.05) is 25.0 Å². The highest BCUT2D eigenvalue weighted by Crippen LogP contribution is 2.19. The van der Waals surface area contributed by atoms with Crippen molar-refractivity contribution >= 4 is 23.5 Å². The van der Waals surface area contributed by atoms with Crippen molar-refractivity contribution in [1.29, 1.82) is 0 Å². The number of urea groups is 1. The number of rotatable bonds is 8. The predicted octanol–water partition coefficient (Wildman–Crippen LogP) is 1.99. The third kappa shape index (κ3) is 6.55. The quantitative estimate of drug-likeness (QED) is 0.594. The van der Waals surface area contributed by atoms with Crippen molar-refractivity contribution in [3.8, 4) is 0 Å². The molecule has 1 aromatic carbocycles. The van der Waals surface area contributed by atoms with Crippen LogP contribution in [0.25, 0.3) is 0 Å². The highest BCUT2D eigenvalue weighted by atomic mass is 19.2. The van der Waals surface area contributed by atoms with Crippen LogP contribution in [0.1, 0.15) is 27.2 Å². The van der Waals surface area contributed by atoms with E-state index in [-0.39, 0.29) is 6.54 Å². The fraction of sp³-hybridized carbons (Fsp3) is 0.471. The smallest absolute Gasteiger partial charge is 0.321 e. The number of benzene rings is 1. The molecule has 4 amide bonds. The molecule has 0 heterocycles. The van der Waals surface area contributed by atoms with Crippen molar-refractivity contribution < 1.29 is 27.6 Å². The molecule has 0 radical (unpaired) electrons. The molecule has 0 aliphatic carbocycles. The maximum atomic E-state index is 13.7. The molecule has 3 N–H and O–H groups in total. The van der Waals surface area contributed by atoms with Gasteiger partial charge in [0.15, 0.2) is 17.5 Å². The molecule has 0 aliphatic heterocycles. The first-order valence-corrected chi connectivity index (χ1v) is 8.47. The molecule has 0 saturated carbocycles. The highest BCUT2D eigenvalue weighted by molar-refractivity contribution is 5.97. The number of nitrogens with one attached hydrogen (secondary N) is 3. The molecule has 27 heavy (non-hydrogen) atoms. The minimum Gasteiger partial charge on any atom is -0.338 e. The lowest BCUT2D eigenvalue weighted by atomic mass is 10.2. The molecule has 0 spiro atoms. The van der Waals surface area contributed by atoms with Crippen molar-refractivity contribution in [3.63, 3.8) is 0 Å². The van der Waals surface area contributed by atoms with E-state index < -0.39 is 47.0 Å². The van der Waals surface area contributed by atoms with Gasteiger partial charge in [-0.25, -0.2) is 18.0 Å². The lowest BCUT2D eigenvalue weighted by Crippen LogP contribution is -2.51. The summed E-state index contributed by atoms with van der Waals surface area (Å²) in [4.78, 5) is 37.2. The molecular weight excluding hydrogens is 365 g/mol.